The Balaban J connectivity index is 3.70. The van der Waals surface area contributed by atoms with Gasteiger partial charge >= 0.3 is 0 Å². The lowest BCUT2D eigenvalue weighted by atomic mass is 10.0. The van der Waals surface area contributed by atoms with Gasteiger partial charge in [-0.2, -0.15) is 0 Å². The van der Waals surface area contributed by atoms with Crippen molar-refractivity contribution in [1.29, 1.82) is 0 Å². The van der Waals surface area contributed by atoms with E-state index in [1.165, 1.54) is 96.3 Å². The predicted octanol–water partition coefficient (Wildman–Crippen LogP) is 7.22. The standard InChI is InChI=1S/C28H55NO3/c1-3-5-7-9-11-13-14-16-18-20-22-24-28(32)29-26(25-30)27(31)23-21-19-17-15-12-10-8-6-4-2/h21,23,26-27,30-31H,3-20,22,24-25H2,1-2H3,(H,29,32)/b23-21+. The number of aliphatic hydroxyl groups is 2. The topological polar surface area (TPSA) is 69.6 Å². The van der Waals surface area contributed by atoms with Gasteiger partial charge in [-0.05, 0) is 19.3 Å². The molecule has 32 heavy (non-hydrogen) atoms. The van der Waals surface area contributed by atoms with E-state index in [1.807, 2.05) is 6.08 Å². The molecule has 0 aromatic heterocycles. The van der Waals surface area contributed by atoms with Crippen molar-refractivity contribution in [3.05, 3.63) is 12.2 Å². The summed E-state index contributed by atoms with van der Waals surface area (Å²) in [5.41, 5.74) is 0. The summed E-state index contributed by atoms with van der Waals surface area (Å²) < 4.78 is 0. The zero-order valence-electron chi connectivity index (χ0n) is 21.5. The third-order valence-corrected chi connectivity index (χ3v) is 6.27. The number of hydrogen-bond donors (Lipinski definition) is 3. The van der Waals surface area contributed by atoms with Gasteiger partial charge in [-0.1, -0.05) is 129 Å². The lowest BCUT2D eigenvalue weighted by molar-refractivity contribution is -0.123. The van der Waals surface area contributed by atoms with E-state index in [2.05, 4.69) is 19.2 Å². The van der Waals surface area contributed by atoms with Crippen molar-refractivity contribution in [2.24, 2.45) is 0 Å². The van der Waals surface area contributed by atoms with Gasteiger partial charge in [-0.3, -0.25) is 4.79 Å². The van der Waals surface area contributed by atoms with Crippen LogP contribution in [0.2, 0.25) is 0 Å². The fourth-order valence-electron chi connectivity index (χ4n) is 4.06. The van der Waals surface area contributed by atoms with Crippen LogP contribution in [0, 0.1) is 0 Å². The molecule has 2 unspecified atom stereocenters. The SMILES string of the molecule is CCCCCCCCC/C=C/C(O)C(CO)NC(=O)CCCCCCCCCCCCC. The Morgan fingerprint density at radius 3 is 1.62 bits per heavy atom. The van der Waals surface area contributed by atoms with Gasteiger partial charge in [0.2, 0.25) is 5.91 Å². The molecule has 3 N–H and O–H groups in total. The Morgan fingerprint density at radius 2 is 1.16 bits per heavy atom. The maximum atomic E-state index is 12.1. The third kappa shape index (κ3) is 21.0. The molecule has 0 rings (SSSR count). The van der Waals surface area contributed by atoms with E-state index in [1.54, 1.807) is 6.08 Å². The smallest absolute Gasteiger partial charge is 0.220 e. The normalized spacial score (nSPS) is 13.5. The molecule has 0 aromatic rings. The molecule has 0 saturated carbocycles. The van der Waals surface area contributed by atoms with E-state index in [0.29, 0.717) is 6.42 Å². The zero-order valence-corrected chi connectivity index (χ0v) is 21.5. The number of amides is 1. The van der Waals surface area contributed by atoms with Crippen molar-refractivity contribution >= 4 is 5.91 Å². The molecule has 190 valence electrons. The predicted molar refractivity (Wildman–Crippen MR) is 138 cm³/mol. The minimum atomic E-state index is -0.828. The van der Waals surface area contributed by atoms with E-state index in [4.69, 9.17) is 0 Å². The summed E-state index contributed by atoms with van der Waals surface area (Å²) in [6, 6.07) is -0.611. The molecule has 0 spiro atoms. The first-order valence-electron chi connectivity index (χ1n) is 13.9. The molecule has 4 heteroatoms. The summed E-state index contributed by atoms with van der Waals surface area (Å²) in [6.45, 7) is 4.24. The Morgan fingerprint density at radius 1 is 0.719 bits per heavy atom. The van der Waals surface area contributed by atoms with Gasteiger partial charge in [0.25, 0.3) is 0 Å². The van der Waals surface area contributed by atoms with Crippen LogP contribution in [-0.2, 0) is 4.79 Å². The van der Waals surface area contributed by atoms with Crippen LogP contribution in [0.15, 0.2) is 12.2 Å². The molecule has 0 heterocycles. The van der Waals surface area contributed by atoms with Gasteiger partial charge in [-0.15, -0.1) is 0 Å². The first kappa shape index (κ1) is 31.1. The first-order chi connectivity index (χ1) is 15.7. The van der Waals surface area contributed by atoms with Crippen molar-refractivity contribution < 1.29 is 15.0 Å². The van der Waals surface area contributed by atoms with E-state index < -0.39 is 12.1 Å². The quantitative estimate of drug-likeness (QED) is 0.107. The average molecular weight is 454 g/mol. The molecule has 0 aliphatic heterocycles. The van der Waals surface area contributed by atoms with Gasteiger partial charge in [0, 0.05) is 6.42 Å². The van der Waals surface area contributed by atoms with Crippen LogP contribution >= 0.6 is 0 Å². The summed E-state index contributed by atoms with van der Waals surface area (Å²) in [4.78, 5) is 12.1. The number of carbonyl (C=O) groups is 1. The number of rotatable bonds is 24. The number of hydrogen-bond acceptors (Lipinski definition) is 3. The van der Waals surface area contributed by atoms with Crippen LogP contribution in [0.1, 0.15) is 142 Å². The summed E-state index contributed by atoms with van der Waals surface area (Å²) in [6.07, 6.45) is 27.0. The van der Waals surface area contributed by atoms with Crippen molar-refractivity contribution in [2.45, 2.75) is 154 Å². The molecule has 0 fully saturated rings. The van der Waals surface area contributed by atoms with E-state index in [0.717, 1.165) is 25.7 Å². The summed E-state index contributed by atoms with van der Waals surface area (Å²) >= 11 is 0. The average Bonchev–Trinajstić information content (AvgIpc) is 2.79. The van der Waals surface area contributed by atoms with Crippen molar-refractivity contribution in [3.8, 4) is 0 Å². The van der Waals surface area contributed by atoms with Gasteiger partial charge in [-0.25, -0.2) is 0 Å². The maximum absolute atomic E-state index is 12.1. The van der Waals surface area contributed by atoms with Crippen LogP contribution in [0.4, 0.5) is 0 Å². The van der Waals surface area contributed by atoms with Crippen molar-refractivity contribution in [3.63, 3.8) is 0 Å². The summed E-state index contributed by atoms with van der Waals surface area (Å²) in [5.74, 6) is -0.0699. The summed E-state index contributed by atoms with van der Waals surface area (Å²) in [7, 11) is 0. The van der Waals surface area contributed by atoms with Crippen LogP contribution in [-0.4, -0.2) is 34.9 Å². The molecule has 0 aliphatic carbocycles. The zero-order chi connectivity index (χ0) is 23.7. The molecule has 2 atom stereocenters. The highest BCUT2D eigenvalue weighted by molar-refractivity contribution is 5.76. The molecule has 4 nitrogen and oxygen atoms in total. The number of nitrogens with one attached hydrogen (secondary N) is 1. The minimum Gasteiger partial charge on any atom is -0.394 e. The highest BCUT2D eigenvalue weighted by Gasteiger charge is 2.17. The third-order valence-electron chi connectivity index (χ3n) is 6.27. The van der Waals surface area contributed by atoms with E-state index in [9.17, 15) is 15.0 Å². The van der Waals surface area contributed by atoms with Crippen molar-refractivity contribution in [1.82, 2.24) is 5.32 Å². The van der Waals surface area contributed by atoms with E-state index >= 15 is 0 Å². The number of allylic oxidation sites excluding steroid dienone is 1. The van der Waals surface area contributed by atoms with Gasteiger partial charge in [0.1, 0.15) is 0 Å². The highest BCUT2D eigenvalue weighted by Crippen LogP contribution is 2.12. The highest BCUT2D eigenvalue weighted by atomic mass is 16.3. The first-order valence-corrected chi connectivity index (χ1v) is 13.9. The van der Waals surface area contributed by atoms with Gasteiger partial charge in [0.05, 0.1) is 18.8 Å². The second-order valence-corrected chi connectivity index (χ2v) is 9.47. The molecular formula is C28H55NO3. The molecule has 0 aromatic carbocycles. The largest absolute Gasteiger partial charge is 0.394 e. The number of carbonyl (C=O) groups excluding carboxylic acids is 1. The molecule has 0 saturated heterocycles. The number of unbranched alkanes of at least 4 members (excludes halogenated alkanes) is 17. The van der Waals surface area contributed by atoms with Gasteiger partial charge < -0.3 is 15.5 Å². The molecule has 0 aliphatic rings. The molecule has 0 bridgehead atoms. The Labute approximate surface area is 199 Å². The Hall–Kier alpha value is -0.870. The summed E-state index contributed by atoms with van der Waals surface area (Å²) in [5, 5.41) is 22.6. The Bertz CT molecular complexity index is 425. The number of aliphatic hydroxyl groups excluding tert-OH is 2. The van der Waals surface area contributed by atoms with Crippen LogP contribution < -0.4 is 5.32 Å². The van der Waals surface area contributed by atoms with Crippen molar-refractivity contribution in [2.75, 3.05) is 6.61 Å². The van der Waals surface area contributed by atoms with Gasteiger partial charge in [0.15, 0.2) is 0 Å². The molecular weight excluding hydrogens is 398 g/mol. The second kappa shape index (κ2) is 24.8. The van der Waals surface area contributed by atoms with Crippen LogP contribution in [0.25, 0.3) is 0 Å². The Kier molecular flexibility index (Phi) is 24.1. The van der Waals surface area contributed by atoms with E-state index in [-0.39, 0.29) is 12.5 Å². The fraction of sp³-hybridized carbons (Fsp3) is 0.893. The second-order valence-electron chi connectivity index (χ2n) is 9.47. The monoisotopic (exact) mass is 453 g/mol. The minimum absolute atomic E-state index is 0.0699. The lowest BCUT2D eigenvalue weighted by Gasteiger charge is -2.20. The lowest BCUT2D eigenvalue weighted by Crippen LogP contribution is -2.45. The maximum Gasteiger partial charge on any atom is 0.220 e. The van der Waals surface area contributed by atoms with Crippen LogP contribution in [0.5, 0.6) is 0 Å². The molecule has 1 amide bonds. The molecule has 0 radical (unpaired) electrons. The fourth-order valence-corrected chi connectivity index (χ4v) is 4.06. The van der Waals surface area contributed by atoms with Crippen LogP contribution in [0.3, 0.4) is 0 Å².